The van der Waals surface area contributed by atoms with Crippen LogP contribution < -0.4 is 0 Å². The maximum atomic E-state index is 11.8. The quantitative estimate of drug-likeness (QED) is 0.788. The molecule has 0 aromatic carbocycles. The van der Waals surface area contributed by atoms with Crippen molar-refractivity contribution in [3.8, 4) is 11.1 Å². The molecule has 0 radical (unpaired) electrons. The van der Waals surface area contributed by atoms with E-state index in [1.165, 1.54) is 26.4 Å². The van der Waals surface area contributed by atoms with Crippen molar-refractivity contribution >= 4 is 11.9 Å². The van der Waals surface area contributed by atoms with E-state index >= 15 is 0 Å². The summed E-state index contributed by atoms with van der Waals surface area (Å²) in [4.78, 5) is 23.5. The molecule has 2 heterocycles. The van der Waals surface area contributed by atoms with Gasteiger partial charge in [-0.3, -0.25) is 0 Å². The van der Waals surface area contributed by atoms with Gasteiger partial charge in [-0.15, -0.1) is 0 Å². The van der Waals surface area contributed by atoms with E-state index in [0.29, 0.717) is 0 Å². The second-order valence-corrected chi connectivity index (χ2v) is 4.21. The number of aliphatic hydroxyl groups excluding tert-OH is 2. The van der Waals surface area contributed by atoms with E-state index in [1.807, 2.05) is 0 Å². The van der Waals surface area contributed by atoms with Gasteiger partial charge in [0.05, 0.1) is 14.2 Å². The van der Waals surface area contributed by atoms with E-state index in [-0.39, 0.29) is 34.2 Å². The Labute approximate surface area is 124 Å². The molecule has 0 aliphatic heterocycles. The molecule has 2 aromatic heterocycles. The molecule has 0 saturated carbocycles. The van der Waals surface area contributed by atoms with Crippen molar-refractivity contribution in [1.29, 1.82) is 0 Å². The zero-order chi connectivity index (χ0) is 16.3. The number of hydrogen-bond donors (Lipinski definition) is 2. The summed E-state index contributed by atoms with van der Waals surface area (Å²) in [6, 6.07) is 2.76. The van der Waals surface area contributed by atoms with Gasteiger partial charge in [-0.25, -0.2) is 9.59 Å². The Morgan fingerprint density at radius 2 is 1.27 bits per heavy atom. The largest absolute Gasteiger partial charge is 0.463 e. The lowest BCUT2D eigenvalue weighted by Gasteiger charge is -2.01. The van der Waals surface area contributed by atoms with Crippen LogP contribution in [0.2, 0.25) is 0 Å². The standard InChI is InChI=1S/C14H14O8/c1-19-13(17)11-9(3-7(5-15)21-11)10-4-8(6-16)22-12(10)14(18)20-2/h3-4,15-16H,5-6H2,1-2H3. The molecule has 0 aliphatic carbocycles. The molecule has 8 heteroatoms. The van der Waals surface area contributed by atoms with E-state index in [0.717, 1.165) is 0 Å². The summed E-state index contributed by atoms with van der Waals surface area (Å²) < 4.78 is 19.6. The molecule has 2 rings (SSSR count). The minimum atomic E-state index is -0.780. The van der Waals surface area contributed by atoms with Crippen LogP contribution in [0.3, 0.4) is 0 Å². The third kappa shape index (κ3) is 2.74. The molecule has 0 amide bonds. The van der Waals surface area contributed by atoms with Crippen LogP contribution in [0.4, 0.5) is 0 Å². The first-order valence-electron chi connectivity index (χ1n) is 6.19. The van der Waals surface area contributed by atoms with Crippen molar-refractivity contribution in [2.45, 2.75) is 13.2 Å². The Balaban J connectivity index is 2.64. The highest BCUT2D eigenvalue weighted by molar-refractivity contribution is 6.00. The van der Waals surface area contributed by atoms with Gasteiger partial charge in [0.1, 0.15) is 24.7 Å². The molecule has 118 valence electrons. The third-order valence-electron chi connectivity index (χ3n) is 2.91. The van der Waals surface area contributed by atoms with Gasteiger partial charge in [0.25, 0.3) is 0 Å². The number of carbonyl (C=O) groups is 2. The number of methoxy groups -OCH3 is 2. The molecule has 0 aliphatic rings. The van der Waals surface area contributed by atoms with Gasteiger partial charge in [0.2, 0.25) is 11.5 Å². The van der Waals surface area contributed by atoms with Crippen molar-refractivity contribution in [3.63, 3.8) is 0 Å². The van der Waals surface area contributed by atoms with Gasteiger partial charge in [-0.2, -0.15) is 0 Å². The molecule has 0 fully saturated rings. The van der Waals surface area contributed by atoms with Crippen molar-refractivity contribution < 1.29 is 38.1 Å². The zero-order valence-electron chi connectivity index (χ0n) is 11.9. The average Bonchev–Trinajstić information content (AvgIpc) is 3.16. The molecule has 0 atom stereocenters. The zero-order valence-corrected chi connectivity index (χ0v) is 11.9. The molecule has 2 aromatic rings. The third-order valence-corrected chi connectivity index (χ3v) is 2.91. The monoisotopic (exact) mass is 310 g/mol. The van der Waals surface area contributed by atoms with E-state index in [2.05, 4.69) is 9.47 Å². The second-order valence-electron chi connectivity index (χ2n) is 4.21. The minimum Gasteiger partial charge on any atom is -0.463 e. The van der Waals surface area contributed by atoms with Crippen molar-refractivity contribution in [3.05, 3.63) is 35.2 Å². The molecule has 8 nitrogen and oxygen atoms in total. The first-order valence-corrected chi connectivity index (χ1v) is 6.19. The molecule has 2 N–H and O–H groups in total. The molecule has 0 spiro atoms. The summed E-state index contributed by atoms with van der Waals surface area (Å²) in [6.07, 6.45) is 0. The predicted octanol–water partition coefficient (Wildman–Crippen LogP) is 1.10. The summed E-state index contributed by atoms with van der Waals surface area (Å²) in [6.45, 7) is -0.884. The van der Waals surface area contributed by atoms with E-state index in [9.17, 15) is 9.59 Å². The Hall–Kier alpha value is -2.58. The lowest BCUT2D eigenvalue weighted by atomic mass is 10.1. The van der Waals surface area contributed by atoms with Crippen LogP contribution in [-0.2, 0) is 22.7 Å². The first-order chi connectivity index (χ1) is 10.5. The Morgan fingerprint density at radius 1 is 0.909 bits per heavy atom. The molecule has 0 saturated heterocycles. The molecule has 0 unspecified atom stereocenters. The number of aliphatic hydroxyl groups is 2. The first kappa shape index (κ1) is 15.8. The second kappa shape index (κ2) is 6.46. The fourth-order valence-electron chi connectivity index (χ4n) is 1.93. The van der Waals surface area contributed by atoms with Crippen LogP contribution in [0, 0.1) is 0 Å². The van der Waals surface area contributed by atoms with Crippen LogP contribution in [0.15, 0.2) is 21.0 Å². The number of rotatable bonds is 5. The Morgan fingerprint density at radius 3 is 1.55 bits per heavy atom. The summed E-state index contributed by atoms with van der Waals surface area (Å²) in [5.41, 5.74) is 0.388. The van der Waals surface area contributed by atoms with Crippen molar-refractivity contribution in [1.82, 2.24) is 0 Å². The topological polar surface area (TPSA) is 119 Å². The molecular weight excluding hydrogens is 296 g/mol. The minimum absolute atomic E-state index is 0.109. The van der Waals surface area contributed by atoms with Crippen molar-refractivity contribution in [2.24, 2.45) is 0 Å². The summed E-state index contributed by atoms with van der Waals surface area (Å²) in [5, 5.41) is 18.3. The Kier molecular flexibility index (Phi) is 4.64. The number of esters is 2. The number of carbonyl (C=O) groups excluding carboxylic acids is 2. The summed E-state index contributed by atoms with van der Waals surface area (Å²) in [7, 11) is 2.34. The Bertz CT molecular complexity index is 634. The van der Waals surface area contributed by atoms with Gasteiger partial charge in [0, 0.05) is 11.1 Å². The van der Waals surface area contributed by atoms with Crippen molar-refractivity contribution in [2.75, 3.05) is 14.2 Å². The predicted molar refractivity (Wildman–Crippen MR) is 70.9 cm³/mol. The van der Waals surface area contributed by atoms with E-state index < -0.39 is 25.2 Å². The van der Waals surface area contributed by atoms with Crippen LogP contribution in [0.5, 0.6) is 0 Å². The average molecular weight is 310 g/mol. The van der Waals surface area contributed by atoms with Gasteiger partial charge in [0.15, 0.2) is 0 Å². The fraction of sp³-hybridized carbons (Fsp3) is 0.286. The molecule has 22 heavy (non-hydrogen) atoms. The normalized spacial score (nSPS) is 10.5. The van der Waals surface area contributed by atoms with Gasteiger partial charge >= 0.3 is 11.9 Å². The van der Waals surface area contributed by atoms with Crippen LogP contribution in [0.25, 0.3) is 11.1 Å². The smallest absolute Gasteiger partial charge is 0.374 e. The lowest BCUT2D eigenvalue weighted by Crippen LogP contribution is -2.04. The maximum absolute atomic E-state index is 11.8. The van der Waals surface area contributed by atoms with E-state index in [1.54, 1.807) is 0 Å². The van der Waals surface area contributed by atoms with Gasteiger partial charge < -0.3 is 28.5 Å². The summed E-state index contributed by atoms with van der Waals surface area (Å²) >= 11 is 0. The number of ether oxygens (including phenoxy) is 2. The molecule has 0 bridgehead atoms. The van der Waals surface area contributed by atoms with E-state index in [4.69, 9.17) is 19.0 Å². The summed E-state index contributed by atoms with van der Waals surface area (Å²) in [5.74, 6) is -1.73. The van der Waals surface area contributed by atoms with Crippen LogP contribution in [-0.4, -0.2) is 36.4 Å². The number of hydrogen-bond acceptors (Lipinski definition) is 8. The number of furan rings is 2. The highest BCUT2D eigenvalue weighted by atomic mass is 16.5. The SMILES string of the molecule is COC(=O)c1oc(CO)cc1-c1cc(CO)oc1C(=O)OC. The van der Waals surface area contributed by atoms with Crippen LogP contribution >= 0.6 is 0 Å². The fourth-order valence-corrected chi connectivity index (χ4v) is 1.93. The van der Waals surface area contributed by atoms with Gasteiger partial charge in [-0.05, 0) is 12.1 Å². The maximum Gasteiger partial charge on any atom is 0.374 e. The highest BCUT2D eigenvalue weighted by Crippen LogP contribution is 2.33. The highest BCUT2D eigenvalue weighted by Gasteiger charge is 2.27. The molecular formula is C14H14O8. The van der Waals surface area contributed by atoms with Gasteiger partial charge in [-0.1, -0.05) is 0 Å². The van der Waals surface area contributed by atoms with Crippen LogP contribution in [0.1, 0.15) is 32.6 Å². The lowest BCUT2D eigenvalue weighted by molar-refractivity contribution is 0.0550.